The van der Waals surface area contributed by atoms with Gasteiger partial charge in [-0.05, 0) is 55.7 Å². The average molecular weight is 529 g/mol. The van der Waals surface area contributed by atoms with Gasteiger partial charge in [0.15, 0.2) is 0 Å². The summed E-state index contributed by atoms with van der Waals surface area (Å²) >= 11 is 1.55. The van der Waals surface area contributed by atoms with Gasteiger partial charge in [-0.2, -0.15) is 11.8 Å². The van der Waals surface area contributed by atoms with E-state index in [1.54, 1.807) is 61.3 Å². The molecule has 198 valence electrons. The quantitative estimate of drug-likeness (QED) is 0.368. The van der Waals surface area contributed by atoms with Crippen LogP contribution in [0.25, 0.3) is 0 Å². The van der Waals surface area contributed by atoms with Crippen LogP contribution in [0.2, 0.25) is 0 Å². The molecule has 10 heteroatoms. The molecule has 2 aromatic carbocycles. The van der Waals surface area contributed by atoms with E-state index in [2.05, 4.69) is 5.32 Å². The Hall–Kier alpha value is -3.24. The number of thioether (sulfide) groups is 1. The van der Waals surface area contributed by atoms with Crippen LogP contribution in [0.1, 0.15) is 24.9 Å². The second kappa shape index (κ2) is 11.0. The number of fused-ring (bicyclic) bond motifs is 1. The summed E-state index contributed by atoms with van der Waals surface area (Å²) in [5.74, 6) is -0.897. The Morgan fingerprint density at radius 3 is 2.32 bits per heavy atom. The lowest BCUT2D eigenvalue weighted by atomic mass is 9.77. The van der Waals surface area contributed by atoms with Gasteiger partial charge in [0.25, 0.3) is 0 Å². The van der Waals surface area contributed by atoms with Gasteiger partial charge in [-0.15, -0.1) is 0 Å². The molecule has 2 fully saturated rings. The smallest absolute Gasteiger partial charge is 0.326 e. The molecule has 0 unspecified atom stereocenters. The van der Waals surface area contributed by atoms with Gasteiger partial charge < -0.3 is 18.9 Å². The average Bonchev–Trinajstić information content (AvgIpc) is 3.40. The van der Waals surface area contributed by atoms with E-state index in [9.17, 15) is 14.4 Å². The number of anilines is 1. The fourth-order valence-electron chi connectivity index (χ4n) is 5.42. The molecule has 1 N–H and O–H groups in total. The van der Waals surface area contributed by atoms with Crippen LogP contribution in [-0.2, 0) is 19.1 Å². The summed E-state index contributed by atoms with van der Waals surface area (Å²) in [7, 11) is 4.38. The molecular formula is C27H32N2O7S. The Bertz CT molecular complexity index is 1170. The SMILES string of the molecule is CCOc1ccc(N2C(=O)[C@H]3[C@@H](C2=O)[C@@](CCSC)(C(=O)OC)N[C@H]3c2ccc(OC)cc2OC)cc1. The molecule has 2 aliphatic rings. The molecule has 2 amide bonds. The van der Waals surface area contributed by atoms with Gasteiger partial charge >= 0.3 is 5.97 Å². The number of methoxy groups -OCH3 is 3. The molecule has 9 nitrogen and oxygen atoms in total. The van der Waals surface area contributed by atoms with Crippen molar-refractivity contribution in [3.05, 3.63) is 48.0 Å². The Balaban J connectivity index is 1.85. The highest BCUT2D eigenvalue weighted by Crippen LogP contribution is 2.53. The minimum atomic E-state index is -1.38. The van der Waals surface area contributed by atoms with Crippen molar-refractivity contribution in [2.75, 3.05) is 44.8 Å². The topological polar surface area (TPSA) is 103 Å². The molecule has 0 aliphatic carbocycles. The van der Waals surface area contributed by atoms with Crippen molar-refractivity contribution in [3.63, 3.8) is 0 Å². The first kappa shape index (κ1) is 26.8. The van der Waals surface area contributed by atoms with E-state index in [0.29, 0.717) is 47.3 Å². The highest BCUT2D eigenvalue weighted by Gasteiger charge is 2.69. The molecule has 2 saturated heterocycles. The highest BCUT2D eigenvalue weighted by molar-refractivity contribution is 7.98. The van der Waals surface area contributed by atoms with Crippen molar-refractivity contribution in [1.29, 1.82) is 0 Å². The van der Waals surface area contributed by atoms with Crippen molar-refractivity contribution in [2.45, 2.75) is 24.9 Å². The zero-order chi connectivity index (χ0) is 26.7. The minimum absolute atomic E-state index is 0.313. The number of imide groups is 1. The maximum atomic E-state index is 14.0. The fraction of sp³-hybridized carbons (Fsp3) is 0.444. The molecule has 0 bridgehead atoms. The first-order chi connectivity index (χ1) is 17.9. The lowest BCUT2D eigenvalue weighted by Crippen LogP contribution is -2.56. The van der Waals surface area contributed by atoms with E-state index in [1.807, 2.05) is 13.2 Å². The summed E-state index contributed by atoms with van der Waals surface area (Å²) in [6.45, 7) is 2.38. The standard InChI is InChI=1S/C27H32N2O7S/c1-6-36-17-9-7-16(8-10-17)29-24(30)21-22(25(29)31)27(13-14-37-5,26(32)35-4)28-23(21)19-12-11-18(33-2)15-20(19)34-3/h7-12,15,21-23,28H,6,13-14H2,1-5H3/t21-,22-,23-,27-/m0/s1. The van der Waals surface area contributed by atoms with Crippen molar-refractivity contribution < 1.29 is 33.3 Å². The van der Waals surface area contributed by atoms with Gasteiger partial charge in [-0.25, -0.2) is 4.90 Å². The number of amides is 2. The van der Waals surface area contributed by atoms with Crippen LogP contribution in [0.4, 0.5) is 5.69 Å². The minimum Gasteiger partial charge on any atom is -0.497 e. The Kier molecular flexibility index (Phi) is 7.99. The van der Waals surface area contributed by atoms with Gasteiger partial charge in [-0.3, -0.25) is 19.7 Å². The number of nitrogens with zero attached hydrogens (tertiary/aromatic N) is 1. The van der Waals surface area contributed by atoms with Crippen LogP contribution in [0.15, 0.2) is 42.5 Å². The first-order valence-electron chi connectivity index (χ1n) is 12.0. The zero-order valence-corrected chi connectivity index (χ0v) is 22.4. The van der Waals surface area contributed by atoms with Gasteiger partial charge in [0.1, 0.15) is 22.8 Å². The van der Waals surface area contributed by atoms with Crippen LogP contribution in [0.5, 0.6) is 17.2 Å². The zero-order valence-electron chi connectivity index (χ0n) is 21.6. The molecule has 2 aliphatic heterocycles. The lowest BCUT2D eigenvalue weighted by Gasteiger charge is -2.32. The molecule has 2 heterocycles. The Morgan fingerprint density at radius 2 is 1.73 bits per heavy atom. The van der Waals surface area contributed by atoms with Gasteiger partial charge in [0.05, 0.1) is 45.5 Å². The largest absolute Gasteiger partial charge is 0.497 e. The normalized spacial score (nSPS) is 24.7. The van der Waals surface area contributed by atoms with Crippen LogP contribution in [-0.4, -0.2) is 63.3 Å². The second-order valence-corrected chi connectivity index (χ2v) is 9.86. The predicted molar refractivity (Wildman–Crippen MR) is 140 cm³/mol. The number of esters is 1. The third-order valence-electron chi connectivity index (χ3n) is 7.09. The summed E-state index contributed by atoms with van der Waals surface area (Å²) in [6.07, 6.45) is 2.24. The van der Waals surface area contributed by atoms with E-state index in [4.69, 9.17) is 18.9 Å². The predicted octanol–water partition coefficient (Wildman–Crippen LogP) is 3.22. The molecular weight excluding hydrogens is 496 g/mol. The monoisotopic (exact) mass is 528 g/mol. The van der Waals surface area contributed by atoms with Crippen molar-refractivity contribution in [1.82, 2.24) is 5.32 Å². The summed E-state index contributed by atoms with van der Waals surface area (Å²) in [4.78, 5) is 42.6. The van der Waals surface area contributed by atoms with Crippen molar-refractivity contribution >= 4 is 35.2 Å². The summed E-state index contributed by atoms with van der Waals surface area (Å²) in [5.41, 5.74) is -0.301. The first-order valence-corrected chi connectivity index (χ1v) is 13.4. The molecule has 0 radical (unpaired) electrons. The molecule has 0 spiro atoms. The van der Waals surface area contributed by atoms with Gasteiger partial charge in [0.2, 0.25) is 11.8 Å². The van der Waals surface area contributed by atoms with E-state index in [0.717, 1.165) is 0 Å². The molecule has 4 rings (SSSR count). The number of hydrogen-bond acceptors (Lipinski definition) is 9. The lowest BCUT2D eigenvalue weighted by molar-refractivity contribution is -0.152. The van der Waals surface area contributed by atoms with Crippen LogP contribution < -0.4 is 24.4 Å². The van der Waals surface area contributed by atoms with E-state index in [1.165, 1.54) is 19.1 Å². The van der Waals surface area contributed by atoms with E-state index in [-0.39, 0.29) is 5.91 Å². The number of carbonyl (C=O) groups excluding carboxylic acids is 3. The highest BCUT2D eigenvalue weighted by atomic mass is 32.2. The van der Waals surface area contributed by atoms with E-state index < -0.39 is 35.3 Å². The summed E-state index contributed by atoms with van der Waals surface area (Å²) in [5, 5.41) is 3.38. The number of rotatable bonds is 10. The number of ether oxygens (including phenoxy) is 4. The molecule has 2 aromatic rings. The molecule has 4 atom stereocenters. The maximum Gasteiger partial charge on any atom is 0.326 e. The summed E-state index contributed by atoms with van der Waals surface area (Å²) < 4.78 is 21.7. The number of benzene rings is 2. The van der Waals surface area contributed by atoms with Gasteiger partial charge in [0, 0.05) is 17.7 Å². The second-order valence-electron chi connectivity index (χ2n) is 8.88. The van der Waals surface area contributed by atoms with E-state index >= 15 is 0 Å². The molecule has 37 heavy (non-hydrogen) atoms. The Labute approximate surface area is 220 Å². The molecule has 0 aromatic heterocycles. The van der Waals surface area contributed by atoms with Crippen LogP contribution in [0.3, 0.4) is 0 Å². The third-order valence-corrected chi connectivity index (χ3v) is 7.70. The maximum absolute atomic E-state index is 14.0. The van der Waals surface area contributed by atoms with Crippen molar-refractivity contribution in [3.8, 4) is 17.2 Å². The Morgan fingerprint density at radius 1 is 1.03 bits per heavy atom. The number of carbonyl (C=O) groups is 3. The number of hydrogen-bond donors (Lipinski definition) is 1. The van der Waals surface area contributed by atoms with Gasteiger partial charge in [-0.1, -0.05) is 6.07 Å². The van der Waals surface area contributed by atoms with Crippen LogP contribution >= 0.6 is 11.8 Å². The van der Waals surface area contributed by atoms with Crippen molar-refractivity contribution in [2.24, 2.45) is 11.8 Å². The summed E-state index contributed by atoms with van der Waals surface area (Å²) in [6, 6.07) is 11.4. The number of nitrogens with one attached hydrogen (secondary N) is 1. The third kappa shape index (κ3) is 4.53. The molecule has 0 saturated carbocycles. The fourth-order valence-corrected chi connectivity index (χ4v) is 5.95. The van der Waals surface area contributed by atoms with Crippen LogP contribution in [0, 0.1) is 11.8 Å².